The fraction of sp³-hybridized carbons (Fsp3) is 0.704. The van der Waals surface area contributed by atoms with Crippen molar-refractivity contribution in [2.24, 2.45) is 0 Å². The molecule has 212 valence electrons. The Morgan fingerprint density at radius 2 is 0.946 bits per heavy atom. The Bertz CT molecular complexity index is 656. The molecule has 1 aromatic rings. The fourth-order valence-corrected chi connectivity index (χ4v) is 2.86. The van der Waals surface area contributed by atoms with Gasteiger partial charge in [-0.1, -0.05) is 38.0 Å². The van der Waals surface area contributed by atoms with Gasteiger partial charge in [-0.05, 0) is 18.6 Å². The number of benzene rings is 1. The zero-order valence-electron chi connectivity index (χ0n) is 22.2. The number of hydrogen-bond acceptors (Lipinski definition) is 10. The van der Waals surface area contributed by atoms with E-state index in [2.05, 4.69) is 6.92 Å². The van der Waals surface area contributed by atoms with Crippen molar-refractivity contribution in [3.8, 4) is 0 Å². The van der Waals surface area contributed by atoms with Crippen LogP contribution in [0, 0.1) is 0 Å². The van der Waals surface area contributed by atoms with E-state index >= 15 is 0 Å². The Labute approximate surface area is 220 Å². The van der Waals surface area contributed by atoms with Crippen LogP contribution in [0.2, 0.25) is 0 Å². The van der Waals surface area contributed by atoms with Crippen LogP contribution in [-0.2, 0) is 42.7 Å². The Morgan fingerprint density at radius 1 is 0.541 bits per heavy atom. The van der Waals surface area contributed by atoms with E-state index in [0.717, 1.165) is 19.3 Å². The van der Waals surface area contributed by atoms with Crippen LogP contribution in [0.5, 0.6) is 0 Å². The molecule has 0 N–H and O–H groups in total. The van der Waals surface area contributed by atoms with Gasteiger partial charge in [-0.15, -0.1) is 0 Å². The molecule has 0 aromatic heterocycles. The van der Waals surface area contributed by atoms with E-state index in [1.165, 1.54) is 0 Å². The van der Waals surface area contributed by atoms with Gasteiger partial charge in [0.1, 0.15) is 13.2 Å². The van der Waals surface area contributed by atoms with Gasteiger partial charge in [-0.2, -0.15) is 0 Å². The summed E-state index contributed by atoms with van der Waals surface area (Å²) in [6, 6.07) is 8.84. The van der Waals surface area contributed by atoms with Gasteiger partial charge >= 0.3 is 11.9 Å². The quantitative estimate of drug-likeness (QED) is 0.131. The number of unbranched alkanes of at least 4 members (excludes halogenated alkanes) is 2. The first-order valence-corrected chi connectivity index (χ1v) is 13.1. The highest BCUT2D eigenvalue weighted by Gasteiger charge is 2.05. The summed E-state index contributed by atoms with van der Waals surface area (Å²) in [6.45, 7) is 7.90. The molecule has 0 aliphatic heterocycles. The lowest BCUT2D eigenvalue weighted by Gasteiger charge is -2.09. The molecule has 0 radical (unpaired) electrons. The highest BCUT2D eigenvalue weighted by atomic mass is 16.6. The standard InChI is InChI=1S/C27H44O10/c1-2-3-5-10-26(28)36-23-21-34-19-17-32-15-13-30-11-12-31-14-16-33-18-20-35-22-24-37-27(29)25-8-6-4-7-9-25/h4,6-9H,2-3,5,10-24H2,1H3. The first-order chi connectivity index (χ1) is 18.2. The maximum absolute atomic E-state index is 11.7. The van der Waals surface area contributed by atoms with Crippen LogP contribution in [-0.4, -0.2) is 104 Å². The topological polar surface area (TPSA) is 108 Å². The third-order valence-electron chi connectivity index (χ3n) is 4.81. The van der Waals surface area contributed by atoms with Crippen molar-refractivity contribution in [3.63, 3.8) is 0 Å². The van der Waals surface area contributed by atoms with Gasteiger partial charge < -0.3 is 37.9 Å². The van der Waals surface area contributed by atoms with Crippen molar-refractivity contribution in [2.75, 3.05) is 92.5 Å². The van der Waals surface area contributed by atoms with E-state index in [1.54, 1.807) is 24.3 Å². The van der Waals surface area contributed by atoms with Gasteiger partial charge in [0, 0.05) is 6.42 Å². The van der Waals surface area contributed by atoms with Gasteiger partial charge in [-0.3, -0.25) is 4.79 Å². The second kappa shape index (κ2) is 25.6. The molecule has 0 unspecified atom stereocenters. The highest BCUT2D eigenvalue weighted by molar-refractivity contribution is 5.89. The van der Waals surface area contributed by atoms with E-state index in [-0.39, 0.29) is 25.2 Å². The molecular weight excluding hydrogens is 484 g/mol. The smallest absolute Gasteiger partial charge is 0.338 e. The normalized spacial score (nSPS) is 10.9. The molecule has 37 heavy (non-hydrogen) atoms. The zero-order chi connectivity index (χ0) is 26.7. The molecule has 1 rings (SSSR count). The van der Waals surface area contributed by atoms with Crippen LogP contribution in [0.4, 0.5) is 0 Å². The van der Waals surface area contributed by atoms with Crippen molar-refractivity contribution < 1.29 is 47.5 Å². The first-order valence-electron chi connectivity index (χ1n) is 13.1. The van der Waals surface area contributed by atoms with Crippen LogP contribution in [0.25, 0.3) is 0 Å². The van der Waals surface area contributed by atoms with Crippen LogP contribution in [0.1, 0.15) is 43.0 Å². The molecule has 0 atom stereocenters. The lowest BCUT2D eigenvalue weighted by Crippen LogP contribution is -2.15. The number of carbonyl (C=O) groups excluding carboxylic acids is 2. The maximum Gasteiger partial charge on any atom is 0.338 e. The summed E-state index contributed by atoms with van der Waals surface area (Å²) in [4.78, 5) is 23.2. The van der Waals surface area contributed by atoms with E-state index < -0.39 is 0 Å². The number of esters is 2. The highest BCUT2D eigenvalue weighted by Crippen LogP contribution is 2.01. The monoisotopic (exact) mass is 528 g/mol. The van der Waals surface area contributed by atoms with Crippen molar-refractivity contribution in [1.29, 1.82) is 0 Å². The van der Waals surface area contributed by atoms with Crippen molar-refractivity contribution in [3.05, 3.63) is 35.9 Å². The van der Waals surface area contributed by atoms with E-state index in [0.29, 0.717) is 91.3 Å². The Kier molecular flexibility index (Phi) is 22.8. The molecular formula is C27H44O10. The van der Waals surface area contributed by atoms with Gasteiger partial charge in [0.2, 0.25) is 0 Å². The van der Waals surface area contributed by atoms with Gasteiger partial charge in [0.15, 0.2) is 0 Å². The van der Waals surface area contributed by atoms with Crippen LogP contribution in [0.15, 0.2) is 30.3 Å². The molecule has 0 fully saturated rings. The summed E-state index contributed by atoms with van der Waals surface area (Å²) < 4.78 is 42.6. The number of hydrogen-bond donors (Lipinski definition) is 0. The van der Waals surface area contributed by atoms with E-state index in [4.69, 9.17) is 37.9 Å². The number of carbonyl (C=O) groups is 2. The van der Waals surface area contributed by atoms with Crippen molar-refractivity contribution in [1.82, 2.24) is 0 Å². The SMILES string of the molecule is CCCCCC(=O)OCCOCCOCCOCCOCCOCCOCCOC(=O)c1ccccc1. The maximum atomic E-state index is 11.7. The Balaban J connectivity index is 1.69. The lowest BCUT2D eigenvalue weighted by molar-refractivity contribution is -0.145. The fourth-order valence-electron chi connectivity index (χ4n) is 2.86. The Morgan fingerprint density at radius 3 is 1.38 bits per heavy atom. The molecule has 10 nitrogen and oxygen atoms in total. The minimum atomic E-state index is -0.357. The molecule has 1 aromatic carbocycles. The second-order valence-electron chi connectivity index (χ2n) is 7.85. The number of ether oxygens (including phenoxy) is 8. The largest absolute Gasteiger partial charge is 0.463 e. The van der Waals surface area contributed by atoms with E-state index in [1.807, 2.05) is 6.07 Å². The molecule has 0 bridgehead atoms. The molecule has 0 amide bonds. The minimum Gasteiger partial charge on any atom is -0.463 e. The Hall–Kier alpha value is -2.08. The molecule has 0 saturated heterocycles. The van der Waals surface area contributed by atoms with Crippen molar-refractivity contribution >= 4 is 11.9 Å². The lowest BCUT2D eigenvalue weighted by atomic mass is 10.2. The second-order valence-corrected chi connectivity index (χ2v) is 7.85. The summed E-state index contributed by atoms with van der Waals surface area (Å²) in [7, 11) is 0. The molecule has 0 aliphatic carbocycles. The average Bonchev–Trinajstić information content (AvgIpc) is 2.92. The van der Waals surface area contributed by atoms with Crippen LogP contribution < -0.4 is 0 Å². The van der Waals surface area contributed by atoms with Crippen LogP contribution in [0.3, 0.4) is 0 Å². The predicted molar refractivity (Wildman–Crippen MR) is 137 cm³/mol. The number of rotatable bonds is 26. The molecule has 0 saturated carbocycles. The summed E-state index contributed by atoms with van der Waals surface area (Å²) in [6.07, 6.45) is 3.49. The minimum absolute atomic E-state index is 0.163. The van der Waals surface area contributed by atoms with Crippen LogP contribution >= 0.6 is 0 Å². The van der Waals surface area contributed by atoms with Crippen molar-refractivity contribution in [2.45, 2.75) is 32.6 Å². The van der Waals surface area contributed by atoms with Gasteiger partial charge in [0.05, 0.1) is 84.8 Å². The molecule has 0 spiro atoms. The summed E-state index contributed by atoms with van der Waals surface area (Å²) in [5, 5.41) is 0. The first kappa shape index (κ1) is 32.9. The molecule has 10 heteroatoms. The zero-order valence-corrected chi connectivity index (χ0v) is 22.2. The summed E-state index contributed by atoms with van der Waals surface area (Å²) >= 11 is 0. The predicted octanol–water partition coefficient (Wildman–Crippen LogP) is 3.07. The van der Waals surface area contributed by atoms with Gasteiger partial charge in [0.25, 0.3) is 0 Å². The third kappa shape index (κ3) is 21.7. The molecule has 0 heterocycles. The van der Waals surface area contributed by atoms with Gasteiger partial charge in [-0.25, -0.2) is 4.79 Å². The molecule has 0 aliphatic rings. The average molecular weight is 529 g/mol. The van der Waals surface area contributed by atoms with E-state index in [9.17, 15) is 9.59 Å². The summed E-state index contributed by atoms with van der Waals surface area (Å²) in [5.41, 5.74) is 0.525. The summed E-state index contributed by atoms with van der Waals surface area (Å²) in [5.74, 6) is -0.520. The third-order valence-corrected chi connectivity index (χ3v) is 4.81.